The van der Waals surface area contributed by atoms with E-state index in [1.807, 2.05) is 37.4 Å². The molecule has 1 aliphatic rings. The van der Waals surface area contributed by atoms with Crippen LogP contribution < -0.4 is 10.6 Å². The molecule has 1 atom stereocenters. The van der Waals surface area contributed by atoms with Crippen LogP contribution in [-0.4, -0.2) is 25.1 Å². The number of anilines is 3. The zero-order valence-corrected chi connectivity index (χ0v) is 16.6. The van der Waals surface area contributed by atoms with Gasteiger partial charge in [-0.1, -0.05) is 6.07 Å². The average molecular weight is 427 g/mol. The minimum Gasteiger partial charge on any atom is -0.361 e. The number of fused-ring (bicyclic) bond motifs is 1. The minimum absolute atomic E-state index is 0.0203. The van der Waals surface area contributed by atoms with Gasteiger partial charge in [-0.25, -0.2) is 4.98 Å². The lowest BCUT2D eigenvalue weighted by Gasteiger charge is -2.17. The van der Waals surface area contributed by atoms with Crippen LogP contribution in [-0.2, 0) is 6.18 Å². The Labute approximate surface area is 175 Å². The van der Waals surface area contributed by atoms with Crippen LogP contribution in [0.4, 0.5) is 30.8 Å². The second kappa shape index (κ2) is 7.29. The van der Waals surface area contributed by atoms with Crippen molar-refractivity contribution in [2.45, 2.75) is 37.9 Å². The van der Waals surface area contributed by atoms with E-state index in [1.165, 1.54) is 0 Å². The number of rotatable bonds is 6. The molecule has 1 unspecified atom stereocenters. The molecule has 0 aliphatic heterocycles. The number of aromatic amines is 2. The van der Waals surface area contributed by atoms with Crippen LogP contribution in [0.2, 0.25) is 0 Å². The first-order valence-corrected chi connectivity index (χ1v) is 9.97. The Kier molecular flexibility index (Phi) is 4.57. The van der Waals surface area contributed by atoms with Crippen LogP contribution in [0, 0.1) is 0 Å². The Balaban J connectivity index is 1.41. The first-order valence-electron chi connectivity index (χ1n) is 9.97. The monoisotopic (exact) mass is 427 g/mol. The van der Waals surface area contributed by atoms with Gasteiger partial charge in [-0.3, -0.25) is 5.10 Å². The Hall–Kier alpha value is -3.56. The third-order valence-electron chi connectivity index (χ3n) is 5.31. The molecule has 0 saturated heterocycles. The van der Waals surface area contributed by atoms with Crippen molar-refractivity contribution in [2.24, 2.45) is 0 Å². The van der Waals surface area contributed by atoms with Crippen molar-refractivity contribution >= 4 is 28.5 Å². The van der Waals surface area contributed by atoms with E-state index in [1.54, 1.807) is 6.07 Å². The lowest BCUT2D eigenvalue weighted by molar-refractivity contribution is -0.141. The first-order chi connectivity index (χ1) is 14.8. The molecule has 5 rings (SSSR count). The second-order valence-electron chi connectivity index (χ2n) is 7.76. The van der Waals surface area contributed by atoms with Gasteiger partial charge in [0.15, 0.2) is 11.5 Å². The Bertz CT molecular complexity index is 1220. The molecule has 4 aromatic rings. The fraction of sp³-hybridized carbons (Fsp3) is 0.286. The lowest BCUT2D eigenvalue weighted by Crippen LogP contribution is -2.15. The highest BCUT2D eigenvalue weighted by atomic mass is 19.4. The molecule has 4 N–H and O–H groups in total. The van der Waals surface area contributed by atoms with Gasteiger partial charge in [0.05, 0.1) is 6.04 Å². The van der Waals surface area contributed by atoms with Crippen LogP contribution >= 0.6 is 0 Å². The Morgan fingerprint density at radius 1 is 1.06 bits per heavy atom. The Morgan fingerprint density at radius 2 is 1.90 bits per heavy atom. The molecule has 0 amide bonds. The smallest absolute Gasteiger partial charge is 0.361 e. The lowest BCUT2D eigenvalue weighted by atomic mass is 10.1. The topological polar surface area (TPSA) is 94.3 Å². The highest BCUT2D eigenvalue weighted by Gasteiger charge is 2.34. The van der Waals surface area contributed by atoms with E-state index in [-0.39, 0.29) is 17.8 Å². The number of halogens is 3. The van der Waals surface area contributed by atoms with Gasteiger partial charge in [0.1, 0.15) is 5.82 Å². The van der Waals surface area contributed by atoms with E-state index in [0.717, 1.165) is 41.1 Å². The molecule has 3 heterocycles. The van der Waals surface area contributed by atoms with E-state index >= 15 is 0 Å². The van der Waals surface area contributed by atoms with Gasteiger partial charge in [0, 0.05) is 35.5 Å². The molecule has 1 saturated carbocycles. The van der Waals surface area contributed by atoms with Crippen LogP contribution in [0.25, 0.3) is 10.9 Å². The summed E-state index contributed by atoms with van der Waals surface area (Å²) in [5, 5.41) is 13.9. The zero-order chi connectivity index (χ0) is 21.6. The number of aromatic nitrogens is 5. The van der Waals surface area contributed by atoms with Crippen molar-refractivity contribution in [1.29, 1.82) is 0 Å². The van der Waals surface area contributed by atoms with Crippen molar-refractivity contribution in [2.75, 3.05) is 10.6 Å². The summed E-state index contributed by atoms with van der Waals surface area (Å²) in [6.45, 7) is 1.85. The summed E-state index contributed by atoms with van der Waals surface area (Å²) in [6.07, 6.45) is -0.584. The summed E-state index contributed by atoms with van der Waals surface area (Å²) in [7, 11) is 0. The third-order valence-corrected chi connectivity index (χ3v) is 5.31. The second-order valence-corrected chi connectivity index (χ2v) is 7.76. The van der Waals surface area contributed by atoms with Crippen LogP contribution in [0.1, 0.15) is 48.7 Å². The summed E-state index contributed by atoms with van der Waals surface area (Å²) in [6, 6.07) is 10.1. The summed E-state index contributed by atoms with van der Waals surface area (Å²) in [5.74, 6) is 0.782. The minimum atomic E-state index is -4.60. The van der Waals surface area contributed by atoms with Gasteiger partial charge >= 0.3 is 6.18 Å². The van der Waals surface area contributed by atoms with Gasteiger partial charge < -0.3 is 15.6 Å². The maximum atomic E-state index is 13.4. The van der Waals surface area contributed by atoms with Gasteiger partial charge in [0.2, 0.25) is 5.95 Å². The molecule has 3 aromatic heterocycles. The number of hydrogen-bond acceptors (Lipinski definition) is 5. The highest BCUT2D eigenvalue weighted by molar-refractivity contribution is 5.80. The number of benzene rings is 1. The summed E-state index contributed by atoms with van der Waals surface area (Å²) in [5.41, 5.74) is 1.84. The fourth-order valence-electron chi connectivity index (χ4n) is 3.47. The molecular weight excluding hydrogens is 407 g/mol. The molecule has 0 bridgehead atoms. The standard InChI is InChI=1S/C21H20F3N7/c1-11(13-4-5-15-14(8-13)6-7-25-15)26-20-27-17(21(22,23)24)10-18(29-20)28-19-9-16(30-31-19)12-2-3-12/h4-12,25H,2-3H2,1H3,(H3,26,27,28,29,30,31). The number of nitrogens with one attached hydrogen (secondary N) is 4. The molecule has 7 nitrogen and oxygen atoms in total. The van der Waals surface area contributed by atoms with Crippen LogP contribution in [0.5, 0.6) is 0 Å². The largest absolute Gasteiger partial charge is 0.433 e. The molecule has 1 aromatic carbocycles. The molecule has 1 aliphatic carbocycles. The van der Waals surface area contributed by atoms with Gasteiger partial charge in [0.25, 0.3) is 0 Å². The van der Waals surface area contributed by atoms with Gasteiger partial charge in [-0.15, -0.1) is 0 Å². The van der Waals surface area contributed by atoms with Gasteiger partial charge in [-0.2, -0.15) is 23.3 Å². The molecule has 160 valence electrons. The van der Waals surface area contributed by atoms with E-state index in [2.05, 4.69) is 35.8 Å². The van der Waals surface area contributed by atoms with Crippen molar-refractivity contribution in [1.82, 2.24) is 25.1 Å². The number of alkyl halides is 3. The van der Waals surface area contributed by atoms with Crippen molar-refractivity contribution in [3.05, 3.63) is 59.5 Å². The summed E-state index contributed by atoms with van der Waals surface area (Å²) >= 11 is 0. The van der Waals surface area contributed by atoms with E-state index in [4.69, 9.17) is 0 Å². The fourth-order valence-corrected chi connectivity index (χ4v) is 3.47. The number of hydrogen-bond donors (Lipinski definition) is 4. The van der Waals surface area contributed by atoms with Crippen molar-refractivity contribution in [3.63, 3.8) is 0 Å². The van der Waals surface area contributed by atoms with Crippen LogP contribution in [0.3, 0.4) is 0 Å². The number of nitrogens with zero attached hydrogens (tertiary/aromatic N) is 3. The predicted octanol–water partition coefficient (Wildman–Crippen LogP) is 5.49. The van der Waals surface area contributed by atoms with Crippen molar-refractivity contribution in [3.8, 4) is 0 Å². The van der Waals surface area contributed by atoms with Crippen molar-refractivity contribution < 1.29 is 13.2 Å². The maximum absolute atomic E-state index is 13.4. The molecule has 10 heteroatoms. The quantitative estimate of drug-likeness (QED) is 0.326. The number of H-pyrrole nitrogens is 2. The maximum Gasteiger partial charge on any atom is 0.433 e. The summed E-state index contributed by atoms with van der Waals surface area (Å²) < 4.78 is 40.3. The molecule has 0 radical (unpaired) electrons. The van der Waals surface area contributed by atoms with Crippen LogP contribution in [0.15, 0.2) is 42.6 Å². The van der Waals surface area contributed by atoms with Gasteiger partial charge in [-0.05, 0) is 48.9 Å². The third kappa shape index (κ3) is 4.18. The molecular formula is C21H20F3N7. The zero-order valence-electron chi connectivity index (χ0n) is 16.6. The molecule has 31 heavy (non-hydrogen) atoms. The normalized spacial score (nSPS) is 15.2. The first kappa shape index (κ1) is 19.4. The Morgan fingerprint density at radius 3 is 2.68 bits per heavy atom. The SMILES string of the molecule is CC(Nc1nc(Nc2cc(C3CC3)[nH]n2)cc(C(F)(F)F)n1)c1ccc2[nH]ccc2c1. The predicted molar refractivity (Wildman–Crippen MR) is 111 cm³/mol. The molecule has 1 fully saturated rings. The molecule has 0 spiro atoms. The summed E-state index contributed by atoms with van der Waals surface area (Å²) in [4.78, 5) is 11.0. The highest BCUT2D eigenvalue weighted by Crippen LogP contribution is 2.40. The average Bonchev–Trinajstić information content (AvgIpc) is 3.28. The van der Waals surface area contributed by atoms with E-state index < -0.39 is 11.9 Å². The van der Waals surface area contributed by atoms with E-state index in [9.17, 15) is 13.2 Å². The van der Waals surface area contributed by atoms with E-state index in [0.29, 0.717) is 11.7 Å².